The van der Waals surface area contributed by atoms with Crippen LogP contribution in [0.2, 0.25) is 0 Å². The minimum atomic E-state index is -3.73. The summed E-state index contributed by atoms with van der Waals surface area (Å²) in [4.78, 5) is 4.67. The second kappa shape index (κ2) is 8.10. The minimum Gasteiger partial charge on any atom is -0.352 e. The number of hydrogen-bond acceptors (Lipinski definition) is 5. The molecule has 2 aromatic carbocycles. The molecule has 6 nitrogen and oxygen atoms in total. The molecule has 0 unspecified atom stereocenters. The fourth-order valence-corrected chi connectivity index (χ4v) is 4.45. The molecule has 0 radical (unpaired) electrons. The van der Waals surface area contributed by atoms with E-state index in [9.17, 15) is 8.42 Å². The van der Waals surface area contributed by atoms with Crippen molar-refractivity contribution in [2.24, 2.45) is 0 Å². The summed E-state index contributed by atoms with van der Waals surface area (Å²) in [6, 6.07) is 16.0. The summed E-state index contributed by atoms with van der Waals surface area (Å²) >= 11 is 0. The van der Waals surface area contributed by atoms with Crippen LogP contribution in [0.1, 0.15) is 13.8 Å². The third kappa shape index (κ3) is 3.70. The molecular weight excluding hydrogens is 360 g/mol. The van der Waals surface area contributed by atoms with Crippen LogP contribution >= 0.6 is 0 Å². The number of anilines is 1. The van der Waals surface area contributed by atoms with Gasteiger partial charge in [-0.3, -0.25) is 0 Å². The quantitative estimate of drug-likeness (QED) is 0.692. The number of likely N-dealkylation sites (N-methyl/N-ethyl adjacent to an activating group) is 1. The van der Waals surface area contributed by atoms with E-state index in [0.717, 1.165) is 37.4 Å². The second-order valence-electron chi connectivity index (χ2n) is 6.29. The lowest BCUT2D eigenvalue weighted by Gasteiger charge is -2.32. The predicted octanol–water partition coefficient (Wildman–Crippen LogP) is 3.05. The average Bonchev–Trinajstić information content (AvgIpc) is 3.11. The van der Waals surface area contributed by atoms with E-state index in [2.05, 4.69) is 21.9 Å². The van der Waals surface area contributed by atoms with Crippen LogP contribution in [0.3, 0.4) is 0 Å². The number of hydrogen-bond donors (Lipinski definition) is 0. The van der Waals surface area contributed by atoms with E-state index >= 15 is 0 Å². The van der Waals surface area contributed by atoms with Gasteiger partial charge in [0, 0.05) is 31.6 Å². The zero-order valence-corrected chi connectivity index (χ0v) is 16.9. The highest BCUT2D eigenvalue weighted by atomic mass is 32.2. The Morgan fingerprint density at radius 3 is 2.11 bits per heavy atom. The van der Waals surface area contributed by atoms with E-state index in [4.69, 9.17) is 0 Å². The summed E-state index contributed by atoms with van der Waals surface area (Å²) in [5.41, 5.74) is 0.611. The lowest BCUT2D eigenvalue weighted by molar-refractivity contribution is 0.312. The molecule has 0 amide bonds. The Labute approximate surface area is 161 Å². The molecule has 7 heteroatoms. The zero-order chi connectivity index (χ0) is 19.4. The molecule has 1 saturated heterocycles. The van der Waals surface area contributed by atoms with Crippen molar-refractivity contribution in [2.45, 2.75) is 18.7 Å². The highest BCUT2D eigenvalue weighted by Crippen LogP contribution is 2.29. The first kappa shape index (κ1) is 19.4. The molecule has 1 aliphatic heterocycles. The first-order chi connectivity index (χ1) is 13.1. The first-order valence-electron chi connectivity index (χ1n) is 9.29. The van der Waals surface area contributed by atoms with E-state index in [1.54, 1.807) is 30.3 Å². The third-order valence-electron chi connectivity index (χ3n) is 4.61. The fourth-order valence-electron chi connectivity index (χ4n) is 3.15. The number of para-hydroxylation sites is 1. The maximum absolute atomic E-state index is 13.1. The highest BCUT2D eigenvalue weighted by molar-refractivity contribution is 7.90. The molecule has 4 rings (SSSR count). The van der Waals surface area contributed by atoms with Crippen LogP contribution < -0.4 is 4.90 Å². The fraction of sp³-hybridized carbons (Fsp3) is 0.350. The molecule has 3 aromatic rings. The first-order valence-corrected chi connectivity index (χ1v) is 10.7. The monoisotopic (exact) mass is 386 g/mol. The standard InChI is InChI=1S/C18H20N4O2S.C2H6/c1-20-11-13-21(14-12-20)18-16-9-5-6-10-17(16)22(19-18)25(23,24)15-7-3-2-4-8-15;1-2/h2-10H,11-14H2,1H3;1-2H3. The van der Waals surface area contributed by atoms with E-state index in [0.29, 0.717) is 5.52 Å². The van der Waals surface area contributed by atoms with Gasteiger partial charge in [-0.2, -0.15) is 12.5 Å². The van der Waals surface area contributed by atoms with E-state index in [-0.39, 0.29) is 4.90 Å². The number of benzene rings is 2. The van der Waals surface area contributed by atoms with Gasteiger partial charge in [-0.15, -0.1) is 5.10 Å². The van der Waals surface area contributed by atoms with Gasteiger partial charge in [0.25, 0.3) is 10.0 Å². The molecule has 1 aromatic heterocycles. The molecule has 0 N–H and O–H groups in total. The molecule has 0 spiro atoms. The van der Waals surface area contributed by atoms with Crippen molar-refractivity contribution in [1.29, 1.82) is 0 Å². The van der Waals surface area contributed by atoms with E-state index in [1.165, 1.54) is 4.09 Å². The van der Waals surface area contributed by atoms with Gasteiger partial charge in [0.1, 0.15) is 0 Å². The Balaban J connectivity index is 0.00000102. The second-order valence-corrected chi connectivity index (χ2v) is 8.06. The average molecular weight is 387 g/mol. The molecular formula is C20H26N4O2S. The molecule has 1 aliphatic rings. The van der Waals surface area contributed by atoms with Crippen molar-refractivity contribution in [3.63, 3.8) is 0 Å². The normalized spacial score (nSPS) is 15.4. The number of rotatable bonds is 3. The summed E-state index contributed by atoms with van der Waals surface area (Å²) < 4.78 is 27.3. The van der Waals surface area contributed by atoms with Crippen molar-refractivity contribution in [1.82, 2.24) is 14.1 Å². The van der Waals surface area contributed by atoms with Gasteiger partial charge in [0.15, 0.2) is 5.82 Å². The van der Waals surface area contributed by atoms with Gasteiger partial charge in [-0.05, 0) is 31.3 Å². The topological polar surface area (TPSA) is 58.4 Å². The maximum atomic E-state index is 13.1. The Kier molecular flexibility index (Phi) is 5.82. The van der Waals surface area contributed by atoms with Crippen LogP contribution in [-0.4, -0.2) is 55.7 Å². The van der Waals surface area contributed by atoms with Gasteiger partial charge < -0.3 is 9.80 Å². The summed E-state index contributed by atoms with van der Waals surface area (Å²) in [6.07, 6.45) is 0. The molecule has 144 valence electrons. The SMILES string of the molecule is CC.CN1CCN(c2nn(S(=O)(=O)c3ccccc3)c3ccccc23)CC1. The van der Waals surface area contributed by atoms with Crippen molar-refractivity contribution in [3.8, 4) is 0 Å². The molecule has 2 heterocycles. The van der Waals surface area contributed by atoms with Crippen LogP contribution in [0, 0.1) is 0 Å². The van der Waals surface area contributed by atoms with Gasteiger partial charge in [-0.25, -0.2) is 0 Å². The number of fused-ring (bicyclic) bond motifs is 1. The molecule has 0 atom stereocenters. The van der Waals surface area contributed by atoms with Gasteiger partial charge in [0.05, 0.1) is 10.4 Å². The highest BCUT2D eigenvalue weighted by Gasteiger charge is 2.26. The largest absolute Gasteiger partial charge is 0.352 e. The number of nitrogens with zero attached hydrogens (tertiary/aromatic N) is 4. The van der Waals surface area contributed by atoms with Crippen LogP contribution in [0.15, 0.2) is 59.5 Å². The molecule has 0 bridgehead atoms. The zero-order valence-electron chi connectivity index (χ0n) is 16.0. The summed E-state index contributed by atoms with van der Waals surface area (Å²) in [7, 11) is -1.63. The van der Waals surface area contributed by atoms with Gasteiger partial charge in [0.2, 0.25) is 0 Å². The van der Waals surface area contributed by atoms with Crippen molar-refractivity contribution >= 4 is 26.7 Å². The summed E-state index contributed by atoms with van der Waals surface area (Å²) in [5, 5.41) is 5.39. The summed E-state index contributed by atoms with van der Waals surface area (Å²) in [5.74, 6) is 0.739. The minimum absolute atomic E-state index is 0.244. The molecule has 0 saturated carbocycles. The Bertz CT molecular complexity index is 991. The Hall–Kier alpha value is -2.38. The van der Waals surface area contributed by atoms with Crippen molar-refractivity contribution in [3.05, 3.63) is 54.6 Å². The lowest BCUT2D eigenvalue weighted by atomic mass is 10.2. The Morgan fingerprint density at radius 1 is 0.852 bits per heavy atom. The van der Waals surface area contributed by atoms with Crippen LogP contribution in [0.5, 0.6) is 0 Å². The Morgan fingerprint density at radius 2 is 1.44 bits per heavy atom. The van der Waals surface area contributed by atoms with Crippen molar-refractivity contribution in [2.75, 3.05) is 38.1 Å². The molecule has 0 aliphatic carbocycles. The molecule has 1 fully saturated rings. The lowest BCUT2D eigenvalue weighted by Crippen LogP contribution is -2.44. The predicted molar refractivity (Wildman–Crippen MR) is 110 cm³/mol. The number of aromatic nitrogens is 2. The van der Waals surface area contributed by atoms with Crippen LogP contribution in [-0.2, 0) is 10.0 Å². The van der Waals surface area contributed by atoms with E-state index < -0.39 is 10.0 Å². The number of piperazine rings is 1. The van der Waals surface area contributed by atoms with Crippen LogP contribution in [0.4, 0.5) is 5.82 Å². The summed E-state index contributed by atoms with van der Waals surface area (Å²) in [6.45, 7) is 7.55. The van der Waals surface area contributed by atoms with Crippen molar-refractivity contribution < 1.29 is 8.42 Å². The van der Waals surface area contributed by atoms with E-state index in [1.807, 2.05) is 38.1 Å². The smallest absolute Gasteiger partial charge is 0.283 e. The van der Waals surface area contributed by atoms with Gasteiger partial charge in [-0.1, -0.05) is 44.2 Å². The van der Waals surface area contributed by atoms with Crippen LogP contribution in [0.25, 0.3) is 10.9 Å². The molecule has 27 heavy (non-hydrogen) atoms. The van der Waals surface area contributed by atoms with Gasteiger partial charge >= 0.3 is 0 Å². The third-order valence-corrected chi connectivity index (χ3v) is 6.21. The maximum Gasteiger partial charge on any atom is 0.283 e.